The predicted octanol–water partition coefficient (Wildman–Crippen LogP) is 1.79. The van der Waals surface area contributed by atoms with Crippen molar-refractivity contribution in [3.63, 3.8) is 0 Å². The molecule has 6 heteroatoms. The molecule has 0 aliphatic rings. The molecule has 1 rings (SSSR count). The molecule has 0 saturated heterocycles. The number of hydrogen-bond donors (Lipinski definition) is 2. The molecule has 0 bridgehead atoms. The number of anilines is 1. The van der Waals surface area contributed by atoms with E-state index in [4.69, 9.17) is 9.84 Å². The van der Waals surface area contributed by atoms with Crippen LogP contribution in [0, 0.1) is 10.1 Å². The minimum Gasteiger partial charge on any atom is -0.491 e. The van der Waals surface area contributed by atoms with E-state index in [0.717, 1.165) is 6.42 Å². The maximum absolute atomic E-state index is 10.6. The summed E-state index contributed by atoms with van der Waals surface area (Å²) in [6.45, 7) is 0.621. The Balaban J connectivity index is 2.68. The minimum absolute atomic E-state index is 0.0251. The van der Waals surface area contributed by atoms with E-state index in [0.29, 0.717) is 24.5 Å². The van der Waals surface area contributed by atoms with Crippen LogP contribution < -0.4 is 10.1 Å². The molecule has 0 fully saturated rings. The van der Waals surface area contributed by atoms with Crippen LogP contribution in [0.2, 0.25) is 0 Å². The van der Waals surface area contributed by atoms with Gasteiger partial charge in [0.05, 0.1) is 17.2 Å². The minimum atomic E-state index is -0.448. The zero-order valence-electron chi connectivity index (χ0n) is 9.68. The highest BCUT2D eigenvalue weighted by molar-refractivity contribution is 5.61. The van der Waals surface area contributed by atoms with Gasteiger partial charge in [0.2, 0.25) is 0 Å². The van der Waals surface area contributed by atoms with Crippen molar-refractivity contribution >= 4 is 11.4 Å². The average molecular weight is 240 g/mol. The fourth-order valence-electron chi connectivity index (χ4n) is 1.35. The van der Waals surface area contributed by atoms with Gasteiger partial charge >= 0.3 is 0 Å². The van der Waals surface area contributed by atoms with Crippen LogP contribution in [0.5, 0.6) is 5.75 Å². The van der Waals surface area contributed by atoms with Crippen LogP contribution in [0.3, 0.4) is 0 Å². The number of hydrogen-bond acceptors (Lipinski definition) is 5. The summed E-state index contributed by atoms with van der Waals surface area (Å²) < 4.78 is 5.47. The lowest BCUT2D eigenvalue weighted by atomic mass is 10.2. The zero-order chi connectivity index (χ0) is 12.7. The van der Waals surface area contributed by atoms with E-state index in [1.54, 1.807) is 13.1 Å². The second kappa shape index (κ2) is 6.70. The van der Waals surface area contributed by atoms with Crippen LogP contribution in [0.25, 0.3) is 0 Å². The molecular formula is C11H16N2O4. The van der Waals surface area contributed by atoms with E-state index < -0.39 is 4.92 Å². The molecule has 0 spiro atoms. The van der Waals surface area contributed by atoms with Crippen molar-refractivity contribution in [3.05, 3.63) is 28.3 Å². The second-order valence-electron chi connectivity index (χ2n) is 3.47. The van der Waals surface area contributed by atoms with E-state index in [1.165, 1.54) is 12.1 Å². The number of nitrogens with zero attached hydrogens (tertiary/aromatic N) is 1. The monoisotopic (exact) mass is 240 g/mol. The van der Waals surface area contributed by atoms with E-state index >= 15 is 0 Å². The molecule has 1 aromatic carbocycles. The average Bonchev–Trinajstić information content (AvgIpc) is 2.34. The predicted molar refractivity (Wildman–Crippen MR) is 64.5 cm³/mol. The number of unbranched alkanes of at least 4 members (excludes halogenated alkanes) is 1. The van der Waals surface area contributed by atoms with Crippen molar-refractivity contribution in [2.45, 2.75) is 12.8 Å². The third-order valence-corrected chi connectivity index (χ3v) is 2.25. The lowest BCUT2D eigenvalue weighted by Gasteiger charge is -2.10. The Morgan fingerprint density at radius 1 is 1.47 bits per heavy atom. The van der Waals surface area contributed by atoms with Crippen molar-refractivity contribution in [2.75, 3.05) is 25.6 Å². The highest BCUT2D eigenvalue weighted by atomic mass is 16.6. The Kier molecular flexibility index (Phi) is 5.22. The number of nitro groups is 1. The normalized spacial score (nSPS) is 10.0. The number of rotatable bonds is 7. The number of aliphatic hydroxyl groups excluding tert-OH is 1. The second-order valence-corrected chi connectivity index (χ2v) is 3.47. The lowest BCUT2D eigenvalue weighted by molar-refractivity contribution is -0.384. The van der Waals surface area contributed by atoms with Crippen LogP contribution in [0.4, 0.5) is 11.4 Å². The summed E-state index contributed by atoms with van der Waals surface area (Å²) in [6.07, 6.45) is 1.43. The molecule has 0 aromatic heterocycles. The molecule has 0 saturated carbocycles. The standard InChI is InChI=1S/C11H16N2O4/c1-12-10-8-9(13(15)16)4-5-11(10)17-7-3-2-6-14/h4-5,8,12,14H,2-3,6-7H2,1H3. The lowest BCUT2D eigenvalue weighted by Crippen LogP contribution is -2.02. The summed E-state index contributed by atoms with van der Waals surface area (Å²) >= 11 is 0. The molecule has 0 unspecified atom stereocenters. The summed E-state index contributed by atoms with van der Waals surface area (Å²) in [5.41, 5.74) is 0.611. The molecule has 1 aromatic rings. The third-order valence-electron chi connectivity index (χ3n) is 2.25. The van der Waals surface area contributed by atoms with Gasteiger partial charge in [0.25, 0.3) is 5.69 Å². The van der Waals surface area contributed by atoms with Gasteiger partial charge in [-0.1, -0.05) is 0 Å². The van der Waals surface area contributed by atoms with E-state index in [-0.39, 0.29) is 12.3 Å². The number of nitrogens with one attached hydrogen (secondary N) is 1. The summed E-state index contributed by atoms with van der Waals surface area (Å²) in [5.74, 6) is 0.580. The van der Waals surface area contributed by atoms with Gasteiger partial charge in [-0.3, -0.25) is 10.1 Å². The van der Waals surface area contributed by atoms with Gasteiger partial charge in [-0.25, -0.2) is 0 Å². The molecule has 0 radical (unpaired) electrons. The first-order chi connectivity index (χ1) is 8.19. The maximum Gasteiger partial charge on any atom is 0.271 e. The van der Waals surface area contributed by atoms with Crippen LogP contribution >= 0.6 is 0 Å². The molecule has 0 amide bonds. The Morgan fingerprint density at radius 2 is 2.24 bits per heavy atom. The Labute approximate surface area is 99.4 Å². The van der Waals surface area contributed by atoms with Gasteiger partial charge in [-0.05, 0) is 18.9 Å². The fraction of sp³-hybridized carbons (Fsp3) is 0.455. The number of benzene rings is 1. The summed E-state index contributed by atoms with van der Waals surface area (Å²) in [5, 5.41) is 22.1. The highest BCUT2D eigenvalue weighted by Crippen LogP contribution is 2.28. The molecule has 17 heavy (non-hydrogen) atoms. The molecule has 0 atom stereocenters. The number of ether oxygens (including phenoxy) is 1. The van der Waals surface area contributed by atoms with Gasteiger partial charge < -0.3 is 15.2 Å². The molecule has 94 valence electrons. The van der Waals surface area contributed by atoms with Gasteiger partial charge in [0.15, 0.2) is 0 Å². The van der Waals surface area contributed by atoms with Gasteiger partial charge in [0.1, 0.15) is 5.75 Å². The van der Waals surface area contributed by atoms with E-state index in [1.807, 2.05) is 0 Å². The van der Waals surface area contributed by atoms with Crippen LogP contribution in [-0.2, 0) is 0 Å². The first-order valence-electron chi connectivity index (χ1n) is 5.39. The summed E-state index contributed by atoms with van der Waals surface area (Å²) in [7, 11) is 1.68. The Morgan fingerprint density at radius 3 is 2.82 bits per heavy atom. The van der Waals surface area contributed by atoms with Crippen molar-refractivity contribution in [1.82, 2.24) is 0 Å². The number of nitro benzene ring substituents is 1. The van der Waals surface area contributed by atoms with E-state index in [2.05, 4.69) is 5.32 Å². The first kappa shape index (κ1) is 13.2. The molecule has 0 aliphatic carbocycles. The van der Waals surface area contributed by atoms with E-state index in [9.17, 15) is 10.1 Å². The van der Waals surface area contributed by atoms with Crippen molar-refractivity contribution in [2.24, 2.45) is 0 Å². The largest absolute Gasteiger partial charge is 0.491 e. The third kappa shape index (κ3) is 3.92. The summed E-state index contributed by atoms with van der Waals surface area (Å²) in [6, 6.07) is 4.41. The van der Waals surface area contributed by atoms with Crippen LogP contribution in [0.15, 0.2) is 18.2 Å². The summed E-state index contributed by atoms with van der Waals surface area (Å²) in [4.78, 5) is 10.1. The SMILES string of the molecule is CNc1cc([N+](=O)[O-])ccc1OCCCCO. The van der Waals surface area contributed by atoms with Gasteiger partial charge in [-0.15, -0.1) is 0 Å². The molecule has 0 aliphatic heterocycles. The van der Waals surface area contributed by atoms with Crippen LogP contribution in [-0.4, -0.2) is 30.3 Å². The first-order valence-corrected chi connectivity index (χ1v) is 5.39. The number of aliphatic hydroxyl groups is 1. The van der Waals surface area contributed by atoms with Gasteiger partial charge in [-0.2, -0.15) is 0 Å². The maximum atomic E-state index is 10.6. The van der Waals surface area contributed by atoms with Gasteiger partial charge in [0, 0.05) is 25.8 Å². The smallest absolute Gasteiger partial charge is 0.271 e. The van der Waals surface area contributed by atoms with Crippen LogP contribution in [0.1, 0.15) is 12.8 Å². The topological polar surface area (TPSA) is 84.6 Å². The van der Waals surface area contributed by atoms with Crippen molar-refractivity contribution in [1.29, 1.82) is 0 Å². The quantitative estimate of drug-likeness (QED) is 0.431. The molecule has 0 heterocycles. The molecular weight excluding hydrogens is 224 g/mol. The zero-order valence-corrected chi connectivity index (χ0v) is 9.68. The molecule has 2 N–H and O–H groups in total. The van der Waals surface area contributed by atoms with Crippen molar-refractivity contribution in [3.8, 4) is 5.75 Å². The molecule has 6 nitrogen and oxygen atoms in total. The number of non-ortho nitro benzene ring substituents is 1. The fourth-order valence-corrected chi connectivity index (χ4v) is 1.35. The Bertz CT molecular complexity index is 382. The highest BCUT2D eigenvalue weighted by Gasteiger charge is 2.10. The Hall–Kier alpha value is -1.82. The van der Waals surface area contributed by atoms with Crippen molar-refractivity contribution < 1.29 is 14.8 Å².